The van der Waals surface area contributed by atoms with E-state index in [9.17, 15) is 4.79 Å². The van der Waals surface area contributed by atoms with Crippen molar-refractivity contribution >= 4 is 5.91 Å². The zero-order valence-corrected chi connectivity index (χ0v) is 10.9. The molecule has 1 aromatic carbocycles. The summed E-state index contributed by atoms with van der Waals surface area (Å²) >= 11 is 0. The van der Waals surface area contributed by atoms with E-state index in [1.165, 1.54) is 11.1 Å². The van der Waals surface area contributed by atoms with Gasteiger partial charge in [0.1, 0.15) is 0 Å². The summed E-state index contributed by atoms with van der Waals surface area (Å²) in [5.74, 6) is 0.599. The zero-order valence-electron chi connectivity index (χ0n) is 10.9. The van der Waals surface area contributed by atoms with Gasteiger partial charge in [0, 0.05) is 6.42 Å². The van der Waals surface area contributed by atoms with Crippen LogP contribution in [0.2, 0.25) is 0 Å². The fraction of sp³-hybridized carbons (Fsp3) is 0.533. The number of carbonyl (C=O) groups is 1. The topological polar surface area (TPSA) is 29.1 Å². The molecular formula is C15H21NO. The second-order valence-corrected chi connectivity index (χ2v) is 5.59. The predicted octanol–water partition coefficient (Wildman–Crippen LogP) is 3.15. The number of nitrogens with one attached hydrogen (secondary N) is 1. The van der Waals surface area contributed by atoms with Crippen molar-refractivity contribution < 1.29 is 4.79 Å². The molecule has 1 N–H and O–H groups in total. The second-order valence-electron chi connectivity index (χ2n) is 5.59. The molecule has 1 amide bonds. The van der Waals surface area contributed by atoms with Gasteiger partial charge in [-0.1, -0.05) is 43.7 Å². The molecule has 0 aromatic heterocycles. The number of hydrogen-bond donors (Lipinski definition) is 1. The van der Waals surface area contributed by atoms with Crippen molar-refractivity contribution in [3.63, 3.8) is 0 Å². The summed E-state index contributed by atoms with van der Waals surface area (Å²) < 4.78 is 0. The molecule has 1 saturated carbocycles. The van der Waals surface area contributed by atoms with E-state index in [-0.39, 0.29) is 11.4 Å². The van der Waals surface area contributed by atoms with E-state index < -0.39 is 0 Å². The van der Waals surface area contributed by atoms with Gasteiger partial charge in [0.15, 0.2) is 0 Å². The van der Waals surface area contributed by atoms with Gasteiger partial charge in [-0.05, 0) is 31.2 Å². The Morgan fingerprint density at radius 2 is 1.88 bits per heavy atom. The van der Waals surface area contributed by atoms with Gasteiger partial charge in [0.25, 0.3) is 0 Å². The van der Waals surface area contributed by atoms with Crippen LogP contribution in [0.1, 0.15) is 44.2 Å². The number of amides is 1. The molecule has 0 unspecified atom stereocenters. The fourth-order valence-corrected chi connectivity index (χ4v) is 2.17. The lowest BCUT2D eigenvalue weighted by Gasteiger charge is -2.19. The Morgan fingerprint density at radius 1 is 1.29 bits per heavy atom. The van der Waals surface area contributed by atoms with Crippen molar-refractivity contribution in [1.82, 2.24) is 5.32 Å². The molecule has 2 heteroatoms. The van der Waals surface area contributed by atoms with E-state index in [1.807, 2.05) is 0 Å². The molecule has 0 spiro atoms. The summed E-state index contributed by atoms with van der Waals surface area (Å²) in [6, 6.07) is 8.50. The van der Waals surface area contributed by atoms with Crippen LogP contribution in [0, 0.1) is 12.8 Å². The Hall–Kier alpha value is -1.31. The highest BCUT2D eigenvalue weighted by Crippen LogP contribution is 2.45. The summed E-state index contributed by atoms with van der Waals surface area (Å²) in [5.41, 5.74) is 2.46. The molecule has 0 bridgehead atoms. The van der Waals surface area contributed by atoms with Crippen molar-refractivity contribution in [2.45, 2.75) is 45.6 Å². The average Bonchev–Trinajstić information content (AvgIpc) is 2.98. The average molecular weight is 231 g/mol. The highest BCUT2D eigenvalue weighted by atomic mass is 16.1. The van der Waals surface area contributed by atoms with E-state index in [0.717, 1.165) is 12.8 Å². The van der Waals surface area contributed by atoms with Gasteiger partial charge >= 0.3 is 0 Å². The number of hydrogen-bond acceptors (Lipinski definition) is 1. The first-order valence-electron chi connectivity index (χ1n) is 6.40. The maximum Gasteiger partial charge on any atom is 0.220 e. The largest absolute Gasteiger partial charge is 0.347 e. The molecule has 17 heavy (non-hydrogen) atoms. The quantitative estimate of drug-likeness (QED) is 0.847. The predicted molar refractivity (Wildman–Crippen MR) is 69.7 cm³/mol. The number of aryl methyl sites for hydroxylation is 1. The molecular weight excluding hydrogens is 210 g/mol. The SMILES string of the molecule is Cc1ccc(C2(NC(=O)CC(C)C)CC2)cc1. The molecule has 92 valence electrons. The fourth-order valence-electron chi connectivity index (χ4n) is 2.17. The molecule has 0 atom stereocenters. The Bertz CT molecular complexity index is 401. The molecule has 2 nitrogen and oxygen atoms in total. The van der Waals surface area contributed by atoms with Crippen LogP contribution in [-0.4, -0.2) is 5.91 Å². The minimum atomic E-state index is -0.0559. The van der Waals surface area contributed by atoms with E-state index in [1.54, 1.807) is 0 Å². The monoisotopic (exact) mass is 231 g/mol. The van der Waals surface area contributed by atoms with E-state index in [2.05, 4.69) is 50.4 Å². The van der Waals surface area contributed by atoms with Crippen LogP contribution in [0.25, 0.3) is 0 Å². The van der Waals surface area contributed by atoms with Gasteiger partial charge < -0.3 is 5.32 Å². The summed E-state index contributed by atoms with van der Waals surface area (Å²) in [4.78, 5) is 11.8. The van der Waals surface area contributed by atoms with E-state index in [0.29, 0.717) is 12.3 Å². The molecule has 1 aliphatic rings. The highest BCUT2D eigenvalue weighted by molar-refractivity contribution is 5.77. The molecule has 2 rings (SSSR count). The highest BCUT2D eigenvalue weighted by Gasteiger charge is 2.45. The lowest BCUT2D eigenvalue weighted by Crippen LogP contribution is -2.35. The molecule has 0 radical (unpaired) electrons. The Labute approximate surface area is 103 Å². The minimum Gasteiger partial charge on any atom is -0.347 e. The Kier molecular flexibility index (Phi) is 3.23. The van der Waals surface area contributed by atoms with Crippen molar-refractivity contribution in [3.8, 4) is 0 Å². The lowest BCUT2D eigenvalue weighted by atomic mass is 10.0. The summed E-state index contributed by atoms with van der Waals surface area (Å²) in [7, 11) is 0. The summed E-state index contributed by atoms with van der Waals surface area (Å²) in [6.45, 7) is 6.23. The van der Waals surface area contributed by atoms with Gasteiger partial charge in [0.2, 0.25) is 5.91 Å². The standard InChI is InChI=1S/C15H21NO/c1-11(2)10-14(17)16-15(8-9-15)13-6-4-12(3)5-7-13/h4-7,11H,8-10H2,1-3H3,(H,16,17). The Morgan fingerprint density at radius 3 is 2.35 bits per heavy atom. The van der Waals surface area contributed by atoms with Crippen LogP contribution in [0.4, 0.5) is 0 Å². The van der Waals surface area contributed by atoms with Crippen LogP contribution >= 0.6 is 0 Å². The van der Waals surface area contributed by atoms with Gasteiger partial charge in [-0.2, -0.15) is 0 Å². The first-order chi connectivity index (χ1) is 8.02. The van der Waals surface area contributed by atoms with Crippen LogP contribution < -0.4 is 5.32 Å². The first-order valence-corrected chi connectivity index (χ1v) is 6.40. The maximum absolute atomic E-state index is 11.8. The zero-order chi connectivity index (χ0) is 12.5. The smallest absolute Gasteiger partial charge is 0.220 e. The first kappa shape index (κ1) is 12.2. The van der Waals surface area contributed by atoms with Crippen LogP contribution in [-0.2, 0) is 10.3 Å². The van der Waals surface area contributed by atoms with Crippen molar-refractivity contribution in [2.75, 3.05) is 0 Å². The lowest BCUT2D eigenvalue weighted by molar-refractivity contribution is -0.122. The van der Waals surface area contributed by atoms with Crippen LogP contribution in [0.3, 0.4) is 0 Å². The van der Waals surface area contributed by atoms with Crippen molar-refractivity contribution in [3.05, 3.63) is 35.4 Å². The summed E-state index contributed by atoms with van der Waals surface area (Å²) in [5, 5.41) is 3.20. The summed E-state index contributed by atoms with van der Waals surface area (Å²) in [6.07, 6.45) is 2.76. The minimum absolute atomic E-state index is 0.0559. The van der Waals surface area contributed by atoms with Crippen LogP contribution in [0.5, 0.6) is 0 Å². The van der Waals surface area contributed by atoms with E-state index in [4.69, 9.17) is 0 Å². The third kappa shape index (κ3) is 2.87. The number of benzene rings is 1. The molecule has 1 aromatic rings. The number of rotatable bonds is 4. The third-order valence-corrected chi connectivity index (χ3v) is 3.33. The normalized spacial score (nSPS) is 16.9. The molecule has 1 fully saturated rings. The molecule has 0 aliphatic heterocycles. The van der Waals surface area contributed by atoms with Crippen molar-refractivity contribution in [1.29, 1.82) is 0 Å². The molecule has 1 aliphatic carbocycles. The van der Waals surface area contributed by atoms with Gasteiger partial charge in [-0.3, -0.25) is 4.79 Å². The van der Waals surface area contributed by atoms with Gasteiger partial charge in [-0.25, -0.2) is 0 Å². The van der Waals surface area contributed by atoms with Crippen LogP contribution in [0.15, 0.2) is 24.3 Å². The van der Waals surface area contributed by atoms with E-state index >= 15 is 0 Å². The Balaban J connectivity index is 2.05. The molecule has 0 heterocycles. The van der Waals surface area contributed by atoms with Crippen molar-refractivity contribution in [2.24, 2.45) is 5.92 Å². The molecule has 0 saturated heterocycles. The van der Waals surface area contributed by atoms with Gasteiger partial charge in [-0.15, -0.1) is 0 Å². The maximum atomic E-state index is 11.8. The number of carbonyl (C=O) groups excluding carboxylic acids is 1. The third-order valence-electron chi connectivity index (χ3n) is 3.33. The van der Waals surface area contributed by atoms with Gasteiger partial charge in [0.05, 0.1) is 5.54 Å². The second kappa shape index (κ2) is 4.52.